The number of aryl methyl sites for hydroxylation is 2. The van der Waals surface area contributed by atoms with Crippen LogP contribution in [0.2, 0.25) is 0 Å². The Balaban J connectivity index is 2.30. The molecule has 0 aliphatic heterocycles. The van der Waals surface area contributed by atoms with Gasteiger partial charge in [-0.25, -0.2) is 0 Å². The number of rotatable bonds is 3. The van der Waals surface area contributed by atoms with Crippen LogP contribution in [0.5, 0.6) is 11.5 Å². The van der Waals surface area contributed by atoms with Crippen LogP contribution < -0.4 is 10.1 Å². The molecule has 0 atom stereocenters. The minimum absolute atomic E-state index is 0.0844. The molecule has 0 heterocycles. The number of hydrogen-bond donors (Lipinski definition) is 2. The Hall–Kier alpha value is -2.01. The number of methoxy groups -OCH3 is 1. The van der Waals surface area contributed by atoms with Crippen LogP contribution in [0.25, 0.3) is 0 Å². The zero-order chi connectivity index (χ0) is 15.6. The lowest BCUT2D eigenvalue weighted by molar-refractivity contribution is 0.102. The van der Waals surface area contributed by atoms with Gasteiger partial charge >= 0.3 is 0 Å². The number of amides is 1. The number of hydrogen-bond acceptors (Lipinski definition) is 3. The van der Waals surface area contributed by atoms with E-state index in [0.717, 1.165) is 15.6 Å². The van der Waals surface area contributed by atoms with E-state index in [-0.39, 0.29) is 17.2 Å². The molecule has 0 radical (unpaired) electrons. The monoisotopic (exact) mass is 349 g/mol. The Kier molecular flexibility index (Phi) is 4.53. The molecule has 0 aliphatic rings. The van der Waals surface area contributed by atoms with Crippen LogP contribution >= 0.6 is 15.9 Å². The molecular formula is C16H16BrNO3. The third kappa shape index (κ3) is 3.36. The molecule has 0 fully saturated rings. The summed E-state index contributed by atoms with van der Waals surface area (Å²) in [5.41, 5.74) is 2.91. The van der Waals surface area contributed by atoms with E-state index in [4.69, 9.17) is 4.74 Å². The van der Waals surface area contributed by atoms with Crippen molar-refractivity contribution < 1.29 is 14.6 Å². The molecule has 2 N–H and O–H groups in total. The minimum Gasteiger partial charge on any atom is -0.507 e. The Morgan fingerprint density at radius 2 is 1.81 bits per heavy atom. The van der Waals surface area contributed by atoms with Gasteiger partial charge in [-0.3, -0.25) is 4.79 Å². The highest BCUT2D eigenvalue weighted by molar-refractivity contribution is 9.10. The molecule has 0 saturated carbocycles. The van der Waals surface area contributed by atoms with Crippen LogP contribution in [-0.2, 0) is 0 Å². The summed E-state index contributed by atoms with van der Waals surface area (Å²) in [4.78, 5) is 12.3. The first kappa shape index (κ1) is 15.4. The SMILES string of the molecule is COc1ccc(O)c(C(=O)Nc2cc(C)c(Br)c(C)c2)c1. The van der Waals surface area contributed by atoms with E-state index in [2.05, 4.69) is 21.2 Å². The van der Waals surface area contributed by atoms with E-state index >= 15 is 0 Å². The highest BCUT2D eigenvalue weighted by atomic mass is 79.9. The summed E-state index contributed by atoms with van der Waals surface area (Å²) >= 11 is 3.49. The maximum absolute atomic E-state index is 12.3. The largest absolute Gasteiger partial charge is 0.507 e. The van der Waals surface area contributed by atoms with Crippen LogP contribution in [0, 0.1) is 13.8 Å². The molecule has 0 unspecified atom stereocenters. The number of benzene rings is 2. The number of carbonyl (C=O) groups excluding carboxylic acids is 1. The average Bonchev–Trinajstić information content (AvgIpc) is 2.45. The molecule has 2 aromatic rings. The molecule has 4 nitrogen and oxygen atoms in total. The van der Waals surface area contributed by atoms with Crippen LogP contribution in [0.1, 0.15) is 21.5 Å². The number of phenols is 1. The smallest absolute Gasteiger partial charge is 0.259 e. The summed E-state index contributed by atoms with van der Waals surface area (Å²) in [6.07, 6.45) is 0. The van der Waals surface area contributed by atoms with Gasteiger partial charge in [0.05, 0.1) is 12.7 Å². The number of phenolic OH excluding ortho intramolecular Hbond substituents is 1. The van der Waals surface area contributed by atoms with Gasteiger partial charge in [-0.05, 0) is 55.3 Å². The molecule has 2 rings (SSSR count). The second kappa shape index (κ2) is 6.18. The fourth-order valence-electron chi connectivity index (χ4n) is 2.04. The average molecular weight is 350 g/mol. The van der Waals surface area contributed by atoms with E-state index in [9.17, 15) is 9.90 Å². The topological polar surface area (TPSA) is 58.6 Å². The molecule has 110 valence electrons. The highest BCUT2D eigenvalue weighted by Crippen LogP contribution is 2.27. The summed E-state index contributed by atoms with van der Waals surface area (Å²) in [5, 5.41) is 12.6. The van der Waals surface area contributed by atoms with E-state index in [1.165, 1.54) is 19.2 Å². The van der Waals surface area contributed by atoms with Crippen LogP contribution in [-0.4, -0.2) is 18.1 Å². The third-order valence-electron chi connectivity index (χ3n) is 3.14. The molecule has 0 aliphatic carbocycles. The Morgan fingerprint density at radius 1 is 1.19 bits per heavy atom. The van der Waals surface area contributed by atoms with Gasteiger partial charge in [-0.1, -0.05) is 15.9 Å². The van der Waals surface area contributed by atoms with E-state index in [1.54, 1.807) is 6.07 Å². The predicted molar refractivity (Wildman–Crippen MR) is 86.2 cm³/mol. The van der Waals surface area contributed by atoms with Crippen molar-refractivity contribution >= 4 is 27.5 Å². The van der Waals surface area contributed by atoms with Crippen molar-refractivity contribution in [2.75, 3.05) is 12.4 Å². The fraction of sp³-hybridized carbons (Fsp3) is 0.188. The number of nitrogens with one attached hydrogen (secondary N) is 1. The van der Waals surface area contributed by atoms with Crippen molar-refractivity contribution in [2.24, 2.45) is 0 Å². The van der Waals surface area contributed by atoms with Crippen LogP contribution in [0.4, 0.5) is 5.69 Å². The van der Waals surface area contributed by atoms with Crippen molar-refractivity contribution in [1.29, 1.82) is 0 Å². The molecule has 2 aromatic carbocycles. The molecular weight excluding hydrogens is 334 g/mol. The standard InChI is InChI=1S/C16H16BrNO3/c1-9-6-11(7-10(2)15(9)17)18-16(20)13-8-12(21-3)4-5-14(13)19/h4-8,19H,1-3H3,(H,18,20). The zero-order valence-electron chi connectivity index (χ0n) is 12.0. The van der Waals surface area contributed by atoms with Crippen LogP contribution in [0.15, 0.2) is 34.8 Å². The molecule has 0 aromatic heterocycles. The Morgan fingerprint density at radius 3 is 2.38 bits per heavy atom. The molecule has 0 saturated heterocycles. The first-order valence-corrected chi connectivity index (χ1v) is 7.16. The van der Waals surface area contributed by atoms with Gasteiger partial charge in [-0.15, -0.1) is 0 Å². The van der Waals surface area contributed by atoms with Crippen molar-refractivity contribution in [1.82, 2.24) is 0 Å². The fourth-order valence-corrected chi connectivity index (χ4v) is 2.27. The van der Waals surface area contributed by atoms with Gasteiger partial charge in [-0.2, -0.15) is 0 Å². The van der Waals surface area contributed by atoms with Gasteiger partial charge in [0.15, 0.2) is 0 Å². The second-order valence-electron chi connectivity index (χ2n) is 4.76. The summed E-state index contributed by atoms with van der Waals surface area (Å²) < 4.78 is 6.09. The van der Waals surface area contributed by atoms with Crippen molar-refractivity contribution in [2.45, 2.75) is 13.8 Å². The minimum atomic E-state index is -0.382. The molecule has 5 heteroatoms. The molecule has 0 bridgehead atoms. The van der Waals surface area contributed by atoms with Crippen LogP contribution in [0.3, 0.4) is 0 Å². The zero-order valence-corrected chi connectivity index (χ0v) is 13.6. The van der Waals surface area contributed by atoms with E-state index in [0.29, 0.717) is 11.4 Å². The van der Waals surface area contributed by atoms with E-state index < -0.39 is 0 Å². The van der Waals surface area contributed by atoms with E-state index in [1.807, 2.05) is 26.0 Å². The molecule has 1 amide bonds. The number of aromatic hydroxyl groups is 1. The van der Waals surface area contributed by atoms with Gasteiger partial charge < -0.3 is 15.2 Å². The number of ether oxygens (including phenoxy) is 1. The third-order valence-corrected chi connectivity index (χ3v) is 4.39. The van der Waals surface area contributed by atoms with Gasteiger partial charge in [0.25, 0.3) is 5.91 Å². The molecule has 0 spiro atoms. The second-order valence-corrected chi connectivity index (χ2v) is 5.55. The summed E-state index contributed by atoms with van der Waals surface area (Å²) in [6.45, 7) is 3.91. The lowest BCUT2D eigenvalue weighted by Gasteiger charge is -2.11. The van der Waals surface area contributed by atoms with Crippen molar-refractivity contribution in [3.05, 3.63) is 51.5 Å². The quantitative estimate of drug-likeness (QED) is 0.879. The molecule has 21 heavy (non-hydrogen) atoms. The maximum atomic E-state index is 12.3. The van der Waals surface area contributed by atoms with Gasteiger partial charge in [0, 0.05) is 10.2 Å². The van der Waals surface area contributed by atoms with Crippen molar-refractivity contribution in [3.8, 4) is 11.5 Å². The lowest BCUT2D eigenvalue weighted by Crippen LogP contribution is -2.12. The summed E-state index contributed by atoms with van der Waals surface area (Å²) in [6, 6.07) is 8.27. The Labute approximate surface area is 131 Å². The lowest BCUT2D eigenvalue weighted by atomic mass is 10.1. The summed E-state index contributed by atoms with van der Waals surface area (Å²) in [7, 11) is 1.51. The Bertz CT molecular complexity index is 675. The summed E-state index contributed by atoms with van der Waals surface area (Å²) in [5.74, 6) is 0.0486. The predicted octanol–water partition coefficient (Wildman–Crippen LogP) is 4.03. The first-order chi connectivity index (χ1) is 9.92. The normalized spacial score (nSPS) is 10.3. The first-order valence-electron chi connectivity index (χ1n) is 6.37. The van der Waals surface area contributed by atoms with Crippen molar-refractivity contribution in [3.63, 3.8) is 0 Å². The highest BCUT2D eigenvalue weighted by Gasteiger charge is 2.13. The number of anilines is 1. The van der Waals surface area contributed by atoms with Gasteiger partial charge in [0.1, 0.15) is 11.5 Å². The maximum Gasteiger partial charge on any atom is 0.259 e. The van der Waals surface area contributed by atoms with Gasteiger partial charge in [0.2, 0.25) is 0 Å². The number of halogens is 1. The number of carbonyl (C=O) groups is 1.